The van der Waals surface area contributed by atoms with Crippen LogP contribution in [0.4, 0.5) is 0 Å². The van der Waals surface area contributed by atoms with Crippen LogP contribution in [-0.4, -0.2) is 14.5 Å². The van der Waals surface area contributed by atoms with Gasteiger partial charge >= 0.3 is 0 Å². The Bertz CT molecular complexity index is 506. The highest BCUT2D eigenvalue weighted by Gasteiger charge is 2.12. The predicted octanol–water partition coefficient (Wildman–Crippen LogP) is 1.26. The Morgan fingerprint density at radius 2 is 2.28 bits per heavy atom. The highest BCUT2D eigenvalue weighted by molar-refractivity contribution is 5.13. The predicted molar refractivity (Wildman–Crippen MR) is 70.6 cm³/mol. The van der Waals surface area contributed by atoms with Crippen molar-refractivity contribution in [3.63, 3.8) is 0 Å². The Kier molecular flexibility index (Phi) is 4.07. The summed E-state index contributed by atoms with van der Waals surface area (Å²) in [5, 5.41) is 0. The molecule has 5 nitrogen and oxygen atoms in total. The van der Waals surface area contributed by atoms with Crippen molar-refractivity contribution in [1.29, 1.82) is 0 Å². The van der Waals surface area contributed by atoms with Crippen LogP contribution >= 0.6 is 0 Å². The molecule has 1 atom stereocenters. The van der Waals surface area contributed by atoms with Gasteiger partial charge in [-0.3, -0.25) is 16.3 Å². The molecule has 0 saturated carbocycles. The van der Waals surface area contributed by atoms with Crippen LogP contribution in [0.25, 0.3) is 0 Å². The molecule has 2 rings (SSSR count). The van der Waals surface area contributed by atoms with Crippen molar-refractivity contribution in [2.24, 2.45) is 12.9 Å². The molecule has 96 valence electrons. The Balaban J connectivity index is 2.04. The number of imidazole rings is 1. The first-order valence-electron chi connectivity index (χ1n) is 6.06. The minimum atomic E-state index is 0.0570. The van der Waals surface area contributed by atoms with Gasteiger partial charge in [-0.05, 0) is 25.5 Å². The maximum absolute atomic E-state index is 5.62. The number of aryl methyl sites for hydroxylation is 3. The number of hydrogen-bond acceptors (Lipinski definition) is 4. The Labute approximate surface area is 107 Å². The Morgan fingerprint density at radius 3 is 2.89 bits per heavy atom. The van der Waals surface area contributed by atoms with E-state index in [9.17, 15) is 0 Å². The smallest absolute Gasteiger partial charge is 0.108 e. The van der Waals surface area contributed by atoms with Crippen LogP contribution in [0.15, 0.2) is 30.6 Å². The summed E-state index contributed by atoms with van der Waals surface area (Å²) in [6, 6.07) is 6.04. The van der Waals surface area contributed by atoms with E-state index >= 15 is 0 Å². The molecular weight excluding hydrogens is 226 g/mol. The normalized spacial score (nSPS) is 12.6. The van der Waals surface area contributed by atoms with Gasteiger partial charge in [0, 0.05) is 31.6 Å². The van der Waals surface area contributed by atoms with E-state index in [1.54, 1.807) is 0 Å². The average Bonchev–Trinajstić information content (AvgIpc) is 2.76. The van der Waals surface area contributed by atoms with Gasteiger partial charge in [-0.1, -0.05) is 6.07 Å². The molecule has 5 heteroatoms. The lowest BCUT2D eigenvalue weighted by Crippen LogP contribution is -2.29. The third-order valence-corrected chi connectivity index (χ3v) is 3.05. The number of nitrogens with zero attached hydrogens (tertiary/aromatic N) is 3. The molecule has 0 spiro atoms. The van der Waals surface area contributed by atoms with Crippen molar-refractivity contribution in [2.45, 2.75) is 25.8 Å². The Morgan fingerprint density at radius 1 is 1.44 bits per heavy atom. The molecule has 0 aliphatic heterocycles. The number of rotatable bonds is 5. The summed E-state index contributed by atoms with van der Waals surface area (Å²) in [5.74, 6) is 6.67. The number of hydrogen-bond donors (Lipinski definition) is 2. The van der Waals surface area contributed by atoms with E-state index in [1.165, 1.54) is 0 Å². The maximum atomic E-state index is 5.62. The average molecular weight is 245 g/mol. The zero-order valence-electron chi connectivity index (χ0n) is 10.8. The minimum Gasteiger partial charge on any atom is -0.338 e. The number of hydrazine groups is 1. The van der Waals surface area contributed by atoms with Crippen LogP contribution in [0.3, 0.4) is 0 Å². The molecule has 0 amide bonds. The first kappa shape index (κ1) is 12.7. The topological polar surface area (TPSA) is 68.8 Å². The molecule has 18 heavy (non-hydrogen) atoms. The monoisotopic (exact) mass is 245 g/mol. The number of nitrogens with two attached hydrogens (primary N) is 1. The summed E-state index contributed by atoms with van der Waals surface area (Å²) in [6.45, 7) is 1.98. The molecule has 2 aromatic heterocycles. The molecular formula is C13H19N5. The highest BCUT2D eigenvalue weighted by atomic mass is 15.2. The standard InChI is InChI=1S/C13H19N5/c1-10-4-3-5-11(16-10)12(17-14)6-7-13-15-8-9-18(13)2/h3-5,8-9,12,17H,6-7,14H2,1-2H3. The van der Waals surface area contributed by atoms with E-state index in [0.29, 0.717) is 0 Å². The lowest BCUT2D eigenvalue weighted by molar-refractivity contribution is 0.494. The SMILES string of the molecule is Cc1cccc(C(CCc2nccn2C)NN)n1. The minimum absolute atomic E-state index is 0.0570. The van der Waals surface area contributed by atoms with Gasteiger partial charge in [0.2, 0.25) is 0 Å². The van der Waals surface area contributed by atoms with E-state index < -0.39 is 0 Å². The fourth-order valence-corrected chi connectivity index (χ4v) is 1.99. The van der Waals surface area contributed by atoms with Crippen molar-refractivity contribution < 1.29 is 0 Å². The lowest BCUT2D eigenvalue weighted by Gasteiger charge is -2.15. The van der Waals surface area contributed by atoms with Gasteiger partial charge in [-0.25, -0.2) is 4.98 Å². The van der Waals surface area contributed by atoms with Gasteiger partial charge in [0.1, 0.15) is 5.82 Å². The molecule has 0 saturated heterocycles. The summed E-state index contributed by atoms with van der Waals surface area (Å²) >= 11 is 0. The molecule has 3 N–H and O–H groups in total. The summed E-state index contributed by atoms with van der Waals surface area (Å²) in [4.78, 5) is 8.80. The van der Waals surface area contributed by atoms with Crippen LogP contribution in [0.1, 0.15) is 29.7 Å². The third kappa shape index (κ3) is 2.94. The number of aromatic nitrogens is 3. The molecule has 2 heterocycles. The molecule has 2 aromatic rings. The molecule has 1 unspecified atom stereocenters. The fourth-order valence-electron chi connectivity index (χ4n) is 1.99. The van der Waals surface area contributed by atoms with Crippen LogP contribution in [0.2, 0.25) is 0 Å². The zero-order valence-corrected chi connectivity index (χ0v) is 10.8. The van der Waals surface area contributed by atoms with Gasteiger partial charge in [0.25, 0.3) is 0 Å². The molecule has 0 bridgehead atoms. The highest BCUT2D eigenvalue weighted by Crippen LogP contribution is 2.16. The van der Waals surface area contributed by atoms with Crippen LogP contribution in [-0.2, 0) is 13.5 Å². The van der Waals surface area contributed by atoms with Gasteiger partial charge in [-0.15, -0.1) is 0 Å². The van der Waals surface area contributed by atoms with Gasteiger partial charge in [0.05, 0.1) is 11.7 Å². The van der Waals surface area contributed by atoms with Crippen LogP contribution in [0.5, 0.6) is 0 Å². The summed E-state index contributed by atoms with van der Waals surface area (Å²) in [6.07, 6.45) is 5.50. The van der Waals surface area contributed by atoms with E-state index in [0.717, 1.165) is 30.1 Å². The fraction of sp³-hybridized carbons (Fsp3) is 0.385. The quantitative estimate of drug-likeness (QED) is 0.614. The molecule has 0 radical (unpaired) electrons. The van der Waals surface area contributed by atoms with Gasteiger partial charge < -0.3 is 4.57 Å². The van der Waals surface area contributed by atoms with E-state index in [2.05, 4.69) is 15.4 Å². The summed E-state index contributed by atoms with van der Waals surface area (Å²) in [5.41, 5.74) is 4.81. The first-order chi connectivity index (χ1) is 8.70. The first-order valence-corrected chi connectivity index (χ1v) is 6.06. The van der Waals surface area contributed by atoms with E-state index in [-0.39, 0.29) is 6.04 Å². The second kappa shape index (κ2) is 5.75. The van der Waals surface area contributed by atoms with Crippen LogP contribution in [0, 0.1) is 6.92 Å². The summed E-state index contributed by atoms with van der Waals surface area (Å²) in [7, 11) is 2.00. The van der Waals surface area contributed by atoms with Crippen molar-refractivity contribution in [2.75, 3.05) is 0 Å². The molecule has 0 fully saturated rings. The van der Waals surface area contributed by atoms with Crippen molar-refractivity contribution in [3.05, 3.63) is 47.8 Å². The van der Waals surface area contributed by atoms with E-state index in [1.807, 2.05) is 49.1 Å². The second-order valence-electron chi connectivity index (χ2n) is 4.42. The Hall–Kier alpha value is -1.72. The summed E-state index contributed by atoms with van der Waals surface area (Å²) < 4.78 is 2.03. The zero-order chi connectivity index (χ0) is 13.0. The number of pyridine rings is 1. The second-order valence-corrected chi connectivity index (χ2v) is 4.42. The largest absolute Gasteiger partial charge is 0.338 e. The van der Waals surface area contributed by atoms with Crippen LogP contribution < -0.4 is 11.3 Å². The molecule has 0 aliphatic rings. The number of nitrogens with one attached hydrogen (secondary N) is 1. The molecule has 0 aliphatic carbocycles. The van der Waals surface area contributed by atoms with Crippen molar-refractivity contribution >= 4 is 0 Å². The van der Waals surface area contributed by atoms with Gasteiger partial charge in [-0.2, -0.15) is 0 Å². The lowest BCUT2D eigenvalue weighted by atomic mass is 10.1. The third-order valence-electron chi connectivity index (χ3n) is 3.05. The van der Waals surface area contributed by atoms with Crippen molar-refractivity contribution in [3.8, 4) is 0 Å². The van der Waals surface area contributed by atoms with Gasteiger partial charge in [0.15, 0.2) is 0 Å². The molecule has 0 aromatic carbocycles. The van der Waals surface area contributed by atoms with Crippen molar-refractivity contribution in [1.82, 2.24) is 20.0 Å². The maximum Gasteiger partial charge on any atom is 0.108 e. The van der Waals surface area contributed by atoms with E-state index in [4.69, 9.17) is 5.84 Å².